The fourth-order valence-corrected chi connectivity index (χ4v) is 2.23. The van der Waals surface area contributed by atoms with Crippen LogP contribution in [0.3, 0.4) is 0 Å². The first-order chi connectivity index (χ1) is 6.92. The van der Waals surface area contributed by atoms with Gasteiger partial charge in [-0.2, -0.15) is 4.37 Å². The van der Waals surface area contributed by atoms with E-state index >= 15 is 0 Å². The molecule has 0 saturated carbocycles. The van der Waals surface area contributed by atoms with Crippen molar-refractivity contribution in [3.8, 4) is 0 Å². The van der Waals surface area contributed by atoms with Gasteiger partial charge in [0.1, 0.15) is 6.33 Å². The van der Waals surface area contributed by atoms with Crippen molar-refractivity contribution < 1.29 is 4.74 Å². The van der Waals surface area contributed by atoms with Crippen LogP contribution < -0.4 is 10.2 Å². The molecule has 6 heteroatoms. The Morgan fingerprint density at radius 2 is 2.71 bits per heavy atom. The quantitative estimate of drug-likeness (QED) is 0.765. The second kappa shape index (κ2) is 4.68. The minimum atomic E-state index is 0.377. The molecule has 0 bridgehead atoms. The summed E-state index contributed by atoms with van der Waals surface area (Å²) < 4.78 is 9.46. The van der Waals surface area contributed by atoms with Gasteiger partial charge < -0.3 is 15.0 Å². The van der Waals surface area contributed by atoms with Crippen molar-refractivity contribution in [3.63, 3.8) is 0 Å². The summed E-state index contributed by atoms with van der Waals surface area (Å²) in [6.07, 6.45) is 1.60. The average molecular weight is 214 g/mol. The second-order valence-corrected chi connectivity index (χ2v) is 3.96. The van der Waals surface area contributed by atoms with Gasteiger partial charge >= 0.3 is 0 Å². The van der Waals surface area contributed by atoms with Gasteiger partial charge in [-0.3, -0.25) is 0 Å². The molecule has 1 atom stereocenters. The predicted molar refractivity (Wildman–Crippen MR) is 55.8 cm³/mol. The number of nitrogens with zero attached hydrogens (tertiary/aromatic N) is 3. The highest BCUT2D eigenvalue weighted by Gasteiger charge is 2.24. The summed E-state index contributed by atoms with van der Waals surface area (Å²) in [5.41, 5.74) is 0. The lowest BCUT2D eigenvalue weighted by Crippen LogP contribution is -2.50. The third kappa shape index (κ3) is 2.02. The largest absolute Gasteiger partial charge is 0.377 e. The van der Waals surface area contributed by atoms with Gasteiger partial charge in [0.25, 0.3) is 0 Å². The number of likely N-dealkylation sites (N-methyl/N-ethyl adjacent to an activating group) is 1. The highest BCUT2D eigenvalue weighted by molar-refractivity contribution is 7.09. The van der Waals surface area contributed by atoms with Gasteiger partial charge in [-0.25, -0.2) is 4.98 Å². The van der Waals surface area contributed by atoms with Crippen molar-refractivity contribution in [1.29, 1.82) is 0 Å². The summed E-state index contributed by atoms with van der Waals surface area (Å²) in [7, 11) is 1.95. The van der Waals surface area contributed by atoms with E-state index in [9.17, 15) is 0 Å². The van der Waals surface area contributed by atoms with E-state index in [1.165, 1.54) is 11.5 Å². The summed E-state index contributed by atoms with van der Waals surface area (Å²) >= 11 is 1.44. The molecule has 5 nitrogen and oxygen atoms in total. The highest BCUT2D eigenvalue weighted by Crippen LogP contribution is 2.19. The number of anilines is 1. The Kier molecular flexibility index (Phi) is 3.28. The van der Waals surface area contributed by atoms with E-state index in [0.717, 1.165) is 31.4 Å². The van der Waals surface area contributed by atoms with Crippen molar-refractivity contribution in [2.24, 2.45) is 0 Å². The molecule has 1 N–H and O–H groups in total. The van der Waals surface area contributed by atoms with E-state index in [4.69, 9.17) is 4.74 Å². The fourth-order valence-electron chi connectivity index (χ4n) is 1.61. The van der Waals surface area contributed by atoms with Crippen LogP contribution in [0.1, 0.15) is 0 Å². The van der Waals surface area contributed by atoms with Crippen LogP contribution in [0.4, 0.5) is 5.13 Å². The molecule has 1 saturated heterocycles. The Labute approximate surface area is 87.3 Å². The first-order valence-electron chi connectivity index (χ1n) is 4.67. The minimum absolute atomic E-state index is 0.377. The molecule has 2 heterocycles. The molecule has 1 aromatic heterocycles. The molecule has 0 radical (unpaired) electrons. The van der Waals surface area contributed by atoms with Crippen LogP contribution >= 0.6 is 11.5 Å². The van der Waals surface area contributed by atoms with E-state index in [-0.39, 0.29) is 0 Å². The summed E-state index contributed by atoms with van der Waals surface area (Å²) in [5, 5.41) is 4.16. The molecule has 1 aliphatic rings. The van der Waals surface area contributed by atoms with Crippen LogP contribution in [0.5, 0.6) is 0 Å². The number of hydrogen-bond donors (Lipinski definition) is 1. The highest BCUT2D eigenvalue weighted by atomic mass is 32.1. The molecule has 1 unspecified atom stereocenters. The van der Waals surface area contributed by atoms with E-state index in [1.807, 2.05) is 7.05 Å². The normalized spacial score (nSPS) is 22.6. The van der Waals surface area contributed by atoms with E-state index in [1.54, 1.807) is 6.33 Å². The van der Waals surface area contributed by atoms with Crippen molar-refractivity contribution in [2.45, 2.75) is 6.04 Å². The molecular formula is C8H14N4OS. The van der Waals surface area contributed by atoms with E-state index in [2.05, 4.69) is 19.6 Å². The number of ether oxygens (including phenoxy) is 1. The molecule has 0 aromatic carbocycles. The zero-order valence-electron chi connectivity index (χ0n) is 8.14. The van der Waals surface area contributed by atoms with Crippen LogP contribution in [0.2, 0.25) is 0 Å². The SMILES string of the molecule is CNCC1COCCN1c1ncns1. The summed E-state index contributed by atoms with van der Waals surface area (Å²) in [4.78, 5) is 6.48. The molecule has 1 aliphatic heterocycles. The molecule has 1 aromatic rings. The van der Waals surface area contributed by atoms with Gasteiger partial charge in [0.05, 0.1) is 19.3 Å². The van der Waals surface area contributed by atoms with Crippen molar-refractivity contribution in [3.05, 3.63) is 6.33 Å². The smallest absolute Gasteiger partial charge is 0.205 e. The molecule has 0 aliphatic carbocycles. The Bertz CT molecular complexity index is 264. The summed E-state index contributed by atoms with van der Waals surface area (Å²) in [6, 6.07) is 0.377. The number of nitrogens with one attached hydrogen (secondary N) is 1. The zero-order valence-corrected chi connectivity index (χ0v) is 8.96. The van der Waals surface area contributed by atoms with Gasteiger partial charge in [-0.05, 0) is 7.05 Å². The lowest BCUT2D eigenvalue weighted by Gasteiger charge is -2.34. The van der Waals surface area contributed by atoms with Crippen molar-refractivity contribution in [2.75, 3.05) is 38.3 Å². The molecule has 0 amide bonds. The van der Waals surface area contributed by atoms with Crippen LogP contribution in [0.15, 0.2) is 6.33 Å². The number of morpholine rings is 1. The maximum absolute atomic E-state index is 5.44. The maximum Gasteiger partial charge on any atom is 0.205 e. The molecular weight excluding hydrogens is 200 g/mol. The molecule has 1 fully saturated rings. The lowest BCUT2D eigenvalue weighted by molar-refractivity contribution is 0.0943. The second-order valence-electron chi connectivity index (χ2n) is 3.20. The number of hydrogen-bond acceptors (Lipinski definition) is 6. The molecule has 78 valence electrons. The Morgan fingerprint density at radius 3 is 3.43 bits per heavy atom. The van der Waals surface area contributed by atoms with Gasteiger partial charge in [-0.1, -0.05) is 0 Å². The van der Waals surface area contributed by atoms with Crippen molar-refractivity contribution >= 4 is 16.7 Å². The van der Waals surface area contributed by atoms with Crippen molar-refractivity contribution in [1.82, 2.24) is 14.7 Å². The standard InChI is InChI=1S/C8H14N4OS/c1-9-4-7-5-13-3-2-12(7)8-10-6-11-14-8/h6-7,9H,2-5H2,1H3. The summed E-state index contributed by atoms with van der Waals surface area (Å²) in [6.45, 7) is 3.36. The Balaban J connectivity index is 2.06. The molecule has 14 heavy (non-hydrogen) atoms. The fraction of sp³-hybridized carbons (Fsp3) is 0.750. The van der Waals surface area contributed by atoms with Crippen LogP contribution in [0.25, 0.3) is 0 Å². The first-order valence-corrected chi connectivity index (χ1v) is 5.45. The average Bonchev–Trinajstić information content (AvgIpc) is 2.72. The molecule has 2 rings (SSSR count). The van der Waals surface area contributed by atoms with Crippen LogP contribution in [0, 0.1) is 0 Å². The number of rotatable bonds is 3. The number of aromatic nitrogens is 2. The van der Waals surface area contributed by atoms with Gasteiger partial charge in [0.2, 0.25) is 5.13 Å². The predicted octanol–water partition coefficient (Wildman–Crippen LogP) is -0.0373. The maximum atomic E-state index is 5.44. The third-order valence-corrected chi connectivity index (χ3v) is 2.97. The zero-order chi connectivity index (χ0) is 9.80. The van der Waals surface area contributed by atoms with E-state index in [0.29, 0.717) is 6.04 Å². The third-order valence-electron chi connectivity index (χ3n) is 2.26. The topological polar surface area (TPSA) is 50.3 Å². The first kappa shape index (κ1) is 9.82. The van der Waals surface area contributed by atoms with Crippen LogP contribution in [-0.2, 0) is 4.74 Å². The Morgan fingerprint density at radius 1 is 1.79 bits per heavy atom. The van der Waals surface area contributed by atoms with Gasteiger partial charge in [-0.15, -0.1) is 0 Å². The monoisotopic (exact) mass is 214 g/mol. The summed E-state index contributed by atoms with van der Waals surface area (Å²) in [5.74, 6) is 0. The van der Waals surface area contributed by atoms with Gasteiger partial charge in [0.15, 0.2) is 0 Å². The molecule has 0 spiro atoms. The van der Waals surface area contributed by atoms with Crippen LogP contribution in [-0.4, -0.2) is 48.8 Å². The lowest BCUT2D eigenvalue weighted by atomic mass is 10.2. The van der Waals surface area contributed by atoms with E-state index < -0.39 is 0 Å². The Hall–Kier alpha value is -0.720. The minimum Gasteiger partial charge on any atom is -0.377 e. The van der Waals surface area contributed by atoms with Gasteiger partial charge in [0, 0.05) is 24.6 Å².